The van der Waals surface area contributed by atoms with Gasteiger partial charge in [0.2, 0.25) is 0 Å². The second-order valence-electron chi connectivity index (χ2n) is 7.65. The normalized spacial score (nSPS) is 20.7. The van der Waals surface area contributed by atoms with E-state index in [0.717, 1.165) is 13.1 Å². The largest absolute Gasteiger partial charge is 0.312 e. The Bertz CT molecular complexity index is 264. The summed E-state index contributed by atoms with van der Waals surface area (Å²) >= 11 is 0. The van der Waals surface area contributed by atoms with Gasteiger partial charge in [-0.05, 0) is 52.4 Å². The van der Waals surface area contributed by atoms with Gasteiger partial charge in [-0.3, -0.25) is 0 Å². The summed E-state index contributed by atoms with van der Waals surface area (Å²) in [6.45, 7) is 12.6. The second-order valence-corrected chi connectivity index (χ2v) is 7.65. The molecule has 1 fully saturated rings. The molecule has 0 aromatic heterocycles. The smallest absolute Gasteiger partial charge is 0.0330 e. The quantitative estimate of drug-likeness (QED) is 0.766. The third-order valence-corrected chi connectivity index (χ3v) is 4.79. The van der Waals surface area contributed by atoms with Crippen molar-refractivity contribution >= 4 is 0 Å². The molecule has 1 aliphatic rings. The Labute approximate surface area is 120 Å². The van der Waals surface area contributed by atoms with Crippen molar-refractivity contribution in [2.75, 3.05) is 40.8 Å². The van der Waals surface area contributed by atoms with Gasteiger partial charge in [0.05, 0.1) is 0 Å². The number of nitrogens with one attached hydrogen (secondary N) is 1. The molecule has 0 aromatic carbocycles. The van der Waals surface area contributed by atoms with Crippen LogP contribution in [0, 0.1) is 5.41 Å². The lowest BCUT2D eigenvalue weighted by molar-refractivity contribution is 0.0218. The highest BCUT2D eigenvalue weighted by molar-refractivity contribution is 4.98. The minimum Gasteiger partial charge on any atom is -0.312 e. The molecule has 1 saturated carbocycles. The van der Waals surface area contributed by atoms with E-state index in [4.69, 9.17) is 0 Å². The van der Waals surface area contributed by atoms with Gasteiger partial charge in [-0.2, -0.15) is 0 Å². The first-order valence-corrected chi connectivity index (χ1v) is 7.80. The van der Waals surface area contributed by atoms with Crippen LogP contribution < -0.4 is 5.32 Å². The van der Waals surface area contributed by atoms with Gasteiger partial charge in [0, 0.05) is 24.7 Å². The predicted molar refractivity (Wildman–Crippen MR) is 84.7 cm³/mol. The van der Waals surface area contributed by atoms with Crippen molar-refractivity contribution in [1.82, 2.24) is 15.1 Å². The zero-order chi connectivity index (χ0) is 14.7. The summed E-state index contributed by atoms with van der Waals surface area (Å²) in [5.41, 5.74) is 0.749. The van der Waals surface area contributed by atoms with Crippen LogP contribution in [-0.4, -0.2) is 62.2 Å². The summed E-state index contributed by atoms with van der Waals surface area (Å²) in [5.74, 6) is 0. The van der Waals surface area contributed by atoms with E-state index in [1.807, 2.05) is 0 Å². The van der Waals surface area contributed by atoms with Crippen LogP contribution in [0.4, 0.5) is 0 Å². The number of nitrogens with zero attached hydrogens (tertiary/aromatic N) is 2. The molecule has 1 rings (SSSR count). The van der Waals surface area contributed by atoms with Crippen LogP contribution in [0.25, 0.3) is 0 Å². The van der Waals surface area contributed by atoms with Crippen molar-refractivity contribution in [1.29, 1.82) is 0 Å². The van der Waals surface area contributed by atoms with E-state index in [1.54, 1.807) is 0 Å². The molecule has 0 heterocycles. The lowest BCUT2D eigenvalue weighted by Gasteiger charge is -2.50. The van der Waals surface area contributed by atoms with Gasteiger partial charge in [-0.25, -0.2) is 0 Å². The maximum Gasteiger partial charge on any atom is 0.0330 e. The van der Waals surface area contributed by atoms with Gasteiger partial charge in [-0.15, -0.1) is 0 Å². The van der Waals surface area contributed by atoms with E-state index in [2.05, 4.69) is 64.0 Å². The Morgan fingerprint density at radius 1 is 1.16 bits per heavy atom. The van der Waals surface area contributed by atoms with E-state index in [0.29, 0.717) is 17.0 Å². The van der Waals surface area contributed by atoms with Crippen molar-refractivity contribution in [2.45, 2.75) is 58.5 Å². The highest BCUT2D eigenvalue weighted by Crippen LogP contribution is 2.36. The van der Waals surface area contributed by atoms with Gasteiger partial charge in [0.25, 0.3) is 0 Å². The monoisotopic (exact) mass is 269 g/mol. The molecule has 0 radical (unpaired) electrons. The van der Waals surface area contributed by atoms with Crippen LogP contribution in [0.5, 0.6) is 0 Å². The Kier molecular flexibility index (Phi) is 5.84. The summed E-state index contributed by atoms with van der Waals surface area (Å²) in [7, 11) is 6.75. The van der Waals surface area contributed by atoms with Gasteiger partial charge < -0.3 is 15.1 Å². The van der Waals surface area contributed by atoms with Gasteiger partial charge in [0.1, 0.15) is 0 Å². The summed E-state index contributed by atoms with van der Waals surface area (Å²) in [6.07, 6.45) is 4.10. The van der Waals surface area contributed by atoms with Crippen molar-refractivity contribution in [2.24, 2.45) is 5.41 Å². The highest BCUT2D eigenvalue weighted by Gasteiger charge is 2.40. The molecule has 0 aromatic rings. The fourth-order valence-electron chi connectivity index (χ4n) is 3.10. The standard InChI is InChI=1S/C16H35N3/c1-8-17-14(15(2,3)4)12-19(7)13-16(18(5)6)10-9-11-16/h14,17H,8-13H2,1-7H3. The minimum atomic E-state index is 0.315. The maximum absolute atomic E-state index is 3.65. The van der Waals surface area contributed by atoms with E-state index in [-0.39, 0.29) is 0 Å². The van der Waals surface area contributed by atoms with Gasteiger partial charge in [-0.1, -0.05) is 27.7 Å². The zero-order valence-corrected chi connectivity index (χ0v) is 14.2. The average Bonchev–Trinajstić information content (AvgIpc) is 2.21. The molecule has 0 amide bonds. The minimum absolute atomic E-state index is 0.315. The third kappa shape index (κ3) is 4.44. The highest BCUT2D eigenvalue weighted by atomic mass is 15.2. The van der Waals surface area contributed by atoms with Gasteiger partial charge >= 0.3 is 0 Å². The SMILES string of the molecule is CCNC(CN(C)CC1(N(C)C)CCC1)C(C)(C)C. The Morgan fingerprint density at radius 2 is 1.74 bits per heavy atom. The summed E-state index contributed by atoms with van der Waals surface area (Å²) in [4.78, 5) is 4.96. The molecule has 1 aliphatic carbocycles. The average molecular weight is 269 g/mol. The fourth-order valence-corrected chi connectivity index (χ4v) is 3.10. The first-order valence-electron chi connectivity index (χ1n) is 7.80. The Hall–Kier alpha value is -0.120. The van der Waals surface area contributed by atoms with Crippen molar-refractivity contribution < 1.29 is 0 Å². The van der Waals surface area contributed by atoms with Crippen molar-refractivity contribution in [3.63, 3.8) is 0 Å². The van der Waals surface area contributed by atoms with E-state index < -0.39 is 0 Å². The lowest BCUT2D eigenvalue weighted by Crippen LogP contribution is -2.58. The predicted octanol–water partition coefficient (Wildman–Crippen LogP) is 2.43. The lowest BCUT2D eigenvalue weighted by atomic mass is 9.75. The molecule has 0 saturated heterocycles. The molecule has 0 spiro atoms. The fraction of sp³-hybridized carbons (Fsp3) is 1.00. The molecule has 1 unspecified atom stereocenters. The maximum atomic E-state index is 3.65. The number of hydrogen-bond acceptors (Lipinski definition) is 3. The van der Waals surface area contributed by atoms with Crippen LogP contribution in [-0.2, 0) is 0 Å². The van der Waals surface area contributed by atoms with Crippen molar-refractivity contribution in [3.05, 3.63) is 0 Å². The molecule has 0 bridgehead atoms. The number of likely N-dealkylation sites (N-methyl/N-ethyl adjacent to an activating group) is 3. The Balaban J connectivity index is 2.55. The molecule has 19 heavy (non-hydrogen) atoms. The molecule has 3 nitrogen and oxygen atoms in total. The molecule has 1 atom stereocenters. The summed E-state index contributed by atoms with van der Waals surface area (Å²) in [5, 5.41) is 3.65. The number of hydrogen-bond donors (Lipinski definition) is 1. The van der Waals surface area contributed by atoms with E-state index >= 15 is 0 Å². The molecular formula is C16H35N3. The third-order valence-electron chi connectivity index (χ3n) is 4.79. The van der Waals surface area contributed by atoms with Crippen LogP contribution in [0.3, 0.4) is 0 Å². The van der Waals surface area contributed by atoms with Crippen molar-refractivity contribution in [3.8, 4) is 0 Å². The zero-order valence-electron chi connectivity index (χ0n) is 14.2. The first kappa shape index (κ1) is 16.9. The summed E-state index contributed by atoms with van der Waals surface area (Å²) < 4.78 is 0. The molecule has 3 heteroatoms. The number of rotatable bonds is 7. The molecule has 1 N–H and O–H groups in total. The van der Waals surface area contributed by atoms with E-state index in [1.165, 1.54) is 25.8 Å². The molecule has 114 valence electrons. The Morgan fingerprint density at radius 3 is 2.05 bits per heavy atom. The van der Waals surface area contributed by atoms with Crippen LogP contribution >= 0.6 is 0 Å². The first-order chi connectivity index (χ1) is 8.71. The van der Waals surface area contributed by atoms with Crippen LogP contribution in [0.1, 0.15) is 47.0 Å². The van der Waals surface area contributed by atoms with Crippen LogP contribution in [0.2, 0.25) is 0 Å². The summed E-state index contributed by atoms with van der Waals surface area (Å²) in [6, 6.07) is 0.557. The van der Waals surface area contributed by atoms with Crippen LogP contribution in [0.15, 0.2) is 0 Å². The molecular weight excluding hydrogens is 234 g/mol. The molecule has 0 aliphatic heterocycles. The second kappa shape index (κ2) is 6.55. The van der Waals surface area contributed by atoms with Gasteiger partial charge in [0.15, 0.2) is 0 Å². The topological polar surface area (TPSA) is 18.5 Å². The van der Waals surface area contributed by atoms with E-state index in [9.17, 15) is 0 Å².